The van der Waals surface area contributed by atoms with E-state index in [1.54, 1.807) is 0 Å². The standard InChI is InChI=1S/C16H29N3O2.ClH/c1-17-9-6-16(21)19-10-7-14(8-11-19)18-15(20)12-13-4-2-3-5-13;/h13-14,17H,2-12H2,1H3,(H,18,20);1H. The lowest BCUT2D eigenvalue weighted by Crippen LogP contribution is -2.47. The van der Waals surface area contributed by atoms with Crippen LogP contribution in [0, 0.1) is 5.92 Å². The molecule has 1 saturated heterocycles. The van der Waals surface area contributed by atoms with E-state index in [9.17, 15) is 9.59 Å². The number of halogens is 1. The summed E-state index contributed by atoms with van der Waals surface area (Å²) in [4.78, 5) is 25.9. The first kappa shape index (κ1) is 19.2. The van der Waals surface area contributed by atoms with Crippen molar-refractivity contribution in [2.45, 2.75) is 57.4 Å². The van der Waals surface area contributed by atoms with Gasteiger partial charge in [0.05, 0.1) is 0 Å². The van der Waals surface area contributed by atoms with Crippen molar-refractivity contribution in [3.8, 4) is 0 Å². The third kappa shape index (κ3) is 6.13. The molecule has 0 unspecified atom stereocenters. The van der Waals surface area contributed by atoms with E-state index in [0.29, 0.717) is 18.8 Å². The second kappa shape index (κ2) is 10.1. The maximum Gasteiger partial charge on any atom is 0.223 e. The van der Waals surface area contributed by atoms with E-state index in [-0.39, 0.29) is 30.3 Å². The molecule has 0 atom stereocenters. The summed E-state index contributed by atoms with van der Waals surface area (Å²) in [5, 5.41) is 6.16. The van der Waals surface area contributed by atoms with E-state index >= 15 is 0 Å². The Balaban J connectivity index is 0.00000242. The molecule has 0 aromatic heterocycles. The molecule has 1 saturated carbocycles. The molecule has 1 heterocycles. The Morgan fingerprint density at radius 2 is 1.73 bits per heavy atom. The van der Waals surface area contributed by atoms with Gasteiger partial charge in [0.2, 0.25) is 11.8 Å². The molecule has 2 rings (SSSR count). The largest absolute Gasteiger partial charge is 0.353 e. The highest BCUT2D eigenvalue weighted by Crippen LogP contribution is 2.27. The SMILES string of the molecule is CNCCC(=O)N1CCC(NC(=O)CC2CCCC2)CC1.Cl. The number of likely N-dealkylation sites (tertiary alicyclic amines) is 1. The van der Waals surface area contributed by atoms with Gasteiger partial charge in [0.1, 0.15) is 0 Å². The lowest BCUT2D eigenvalue weighted by atomic mass is 10.0. The van der Waals surface area contributed by atoms with Gasteiger partial charge in [-0.05, 0) is 38.6 Å². The van der Waals surface area contributed by atoms with Crippen LogP contribution in [0.5, 0.6) is 0 Å². The van der Waals surface area contributed by atoms with Gasteiger partial charge in [-0.3, -0.25) is 9.59 Å². The first-order chi connectivity index (χ1) is 10.2. The molecular formula is C16H30ClN3O2. The van der Waals surface area contributed by atoms with E-state index in [1.165, 1.54) is 25.7 Å². The minimum Gasteiger partial charge on any atom is -0.353 e. The molecule has 0 spiro atoms. The van der Waals surface area contributed by atoms with E-state index in [1.807, 2.05) is 11.9 Å². The minimum absolute atomic E-state index is 0. The monoisotopic (exact) mass is 331 g/mol. The number of nitrogens with zero attached hydrogens (tertiary/aromatic N) is 1. The quantitative estimate of drug-likeness (QED) is 0.779. The average Bonchev–Trinajstić information content (AvgIpc) is 2.98. The lowest BCUT2D eigenvalue weighted by Gasteiger charge is -2.32. The predicted octanol–water partition coefficient (Wildman–Crippen LogP) is 1.71. The zero-order valence-electron chi connectivity index (χ0n) is 13.6. The summed E-state index contributed by atoms with van der Waals surface area (Å²) in [5.41, 5.74) is 0. The molecule has 22 heavy (non-hydrogen) atoms. The second-order valence-corrected chi connectivity index (χ2v) is 6.43. The third-order valence-corrected chi connectivity index (χ3v) is 4.75. The van der Waals surface area contributed by atoms with Crippen LogP contribution in [0.1, 0.15) is 51.4 Å². The fourth-order valence-corrected chi connectivity index (χ4v) is 3.43. The number of hydrogen-bond acceptors (Lipinski definition) is 3. The van der Waals surface area contributed by atoms with Crippen molar-refractivity contribution in [1.82, 2.24) is 15.5 Å². The van der Waals surface area contributed by atoms with Gasteiger partial charge in [0, 0.05) is 38.5 Å². The Bertz CT molecular complexity index is 351. The van der Waals surface area contributed by atoms with Crippen molar-refractivity contribution in [2.24, 2.45) is 5.92 Å². The molecule has 1 aliphatic heterocycles. The number of amides is 2. The molecule has 6 heteroatoms. The van der Waals surface area contributed by atoms with E-state index in [4.69, 9.17) is 0 Å². The first-order valence-corrected chi connectivity index (χ1v) is 8.40. The Kier molecular flexibility index (Phi) is 8.79. The number of hydrogen-bond donors (Lipinski definition) is 2. The van der Waals surface area contributed by atoms with Gasteiger partial charge in [0.25, 0.3) is 0 Å². The zero-order valence-corrected chi connectivity index (χ0v) is 14.4. The van der Waals surface area contributed by atoms with Gasteiger partial charge in [0.15, 0.2) is 0 Å². The summed E-state index contributed by atoms with van der Waals surface area (Å²) in [5.74, 6) is 1.04. The molecule has 2 fully saturated rings. The Hall–Kier alpha value is -0.810. The van der Waals surface area contributed by atoms with Crippen molar-refractivity contribution in [3.63, 3.8) is 0 Å². The molecule has 0 aromatic carbocycles. The topological polar surface area (TPSA) is 61.4 Å². The molecule has 2 aliphatic rings. The van der Waals surface area contributed by atoms with Gasteiger partial charge in [-0.1, -0.05) is 12.8 Å². The van der Waals surface area contributed by atoms with E-state index in [2.05, 4.69) is 10.6 Å². The summed E-state index contributed by atoms with van der Waals surface area (Å²) in [6.45, 7) is 2.28. The van der Waals surface area contributed by atoms with Crippen LogP contribution < -0.4 is 10.6 Å². The van der Waals surface area contributed by atoms with Crippen molar-refractivity contribution in [3.05, 3.63) is 0 Å². The van der Waals surface area contributed by atoms with Crippen LogP contribution in [0.25, 0.3) is 0 Å². The number of carbonyl (C=O) groups excluding carboxylic acids is 2. The summed E-state index contributed by atoms with van der Waals surface area (Å²) < 4.78 is 0. The lowest BCUT2D eigenvalue weighted by molar-refractivity contribution is -0.132. The maximum atomic E-state index is 12.0. The van der Waals surface area contributed by atoms with Gasteiger partial charge in [-0.25, -0.2) is 0 Å². The smallest absolute Gasteiger partial charge is 0.223 e. The van der Waals surface area contributed by atoms with Crippen LogP contribution in [0.2, 0.25) is 0 Å². The Morgan fingerprint density at radius 3 is 2.32 bits per heavy atom. The highest BCUT2D eigenvalue weighted by atomic mass is 35.5. The number of piperidine rings is 1. The molecule has 5 nitrogen and oxygen atoms in total. The van der Waals surface area contributed by atoms with Gasteiger partial charge in [-0.2, -0.15) is 0 Å². The Labute approximate surface area is 140 Å². The van der Waals surface area contributed by atoms with Crippen LogP contribution in [0.3, 0.4) is 0 Å². The minimum atomic E-state index is 0. The molecule has 1 aliphatic carbocycles. The molecular weight excluding hydrogens is 302 g/mol. The van der Waals surface area contributed by atoms with Crippen molar-refractivity contribution < 1.29 is 9.59 Å². The van der Waals surface area contributed by atoms with Crippen molar-refractivity contribution in [2.75, 3.05) is 26.7 Å². The second-order valence-electron chi connectivity index (χ2n) is 6.43. The summed E-state index contributed by atoms with van der Waals surface area (Å²) in [6.07, 6.45) is 8.04. The number of nitrogens with one attached hydrogen (secondary N) is 2. The van der Waals surface area contributed by atoms with Crippen LogP contribution >= 0.6 is 12.4 Å². The van der Waals surface area contributed by atoms with Gasteiger partial charge in [-0.15, -0.1) is 12.4 Å². The van der Waals surface area contributed by atoms with Crippen molar-refractivity contribution >= 4 is 24.2 Å². The molecule has 2 amide bonds. The zero-order chi connectivity index (χ0) is 15.1. The maximum absolute atomic E-state index is 12.0. The summed E-state index contributed by atoms with van der Waals surface area (Å²) >= 11 is 0. The molecule has 0 bridgehead atoms. The number of carbonyl (C=O) groups is 2. The number of rotatable bonds is 6. The normalized spacial score (nSPS) is 19.8. The first-order valence-electron chi connectivity index (χ1n) is 8.40. The van der Waals surface area contributed by atoms with Crippen LogP contribution in [-0.4, -0.2) is 49.4 Å². The predicted molar refractivity (Wildman–Crippen MR) is 90.1 cm³/mol. The highest BCUT2D eigenvalue weighted by Gasteiger charge is 2.25. The summed E-state index contributed by atoms with van der Waals surface area (Å²) in [6, 6.07) is 0.257. The third-order valence-electron chi connectivity index (χ3n) is 4.75. The highest BCUT2D eigenvalue weighted by molar-refractivity contribution is 5.85. The van der Waals surface area contributed by atoms with Gasteiger partial charge < -0.3 is 15.5 Å². The average molecular weight is 332 g/mol. The Morgan fingerprint density at radius 1 is 1.09 bits per heavy atom. The summed E-state index contributed by atoms with van der Waals surface area (Å²) in [7, 11) is 1.86. The molecule has 128 valence electrons. The van der Waals surface area contributed by atoms with Crippen LogP contribution in [-0.2, 0) is 9.59 Å². The molecule has 0 aromatic rings. The van der Waals surface area contributed by atoms with Crippen molar-refractivity contribution in [1.29, 1.82) is 0 Å². The fraction of sp³-hybridized carbons (Fsp3) is 0.875. The van der Waals surface area contributed by atoms with Crippen LogP contribution in [0.4, 0.5) is 0 Å². The fourth-order valence-electron chi connectivity index (χ4n) is 3.43. The van der Waals surface area contributed by atoms with E-state index < -0.39 is 0 Å². The van der Waals surface area contributed by atoms with E-state index in [0.717, 1.165) is 32.5 Å². The van der Waals surface area contributed by atoms with Crippen LogP contribution in [0.15, 0.2) is 0 Å². The molecule has 0 radical (unpaired) electrons. The van der Waals surface area contributed by atoms with Gasteiger partial charge >= 0.3 is 0 Å². The molecule has 2 N–H and O–H groups in total.